The number of aromatic nitrogens is 2. The lowest BCUT2D eigenvalue weighted by atomic mass is 10.0. The van der Waals surface area contributed by atoms with Crippen molar-refractivity contribution >= 4 is 16.8 Å². The first-order valence-electron chi connectivity index (χ1n) is 9.55. The van der Waals surface area contributed by atoms with E-state index in [9.17, 15) is 31.1 Å². The molecular weight excluding hydrogens is 440 g/mol. The molecule has 1 N–H and O–H groups in total. The van der Waals surface area contributed by atoms with Crippen LogP contribution in [0.4, 0.5) is 26.3 Å². The van der Waals surface area contributed by atoms with Crippen LogP contribution in [0.1, 0.15) is 40.4 Å². The van der Waals surface area contributed by atoms with Crippen molar-refractivity contribution in [2.24, 2.45) is 0 Å². The van der Waals surface area contributed by atoms with Crippen molar-refractivity contribution in [2.45, 2.75) is 38.8 Å². The van der Waals surface area contributed by atoms with E-state index in [2.05, 4.69) is 10.4 Å². The van der Waals surface area contributed by atoms with Crippen LogP contribution in [0.25, 0.3) is 10.9 Å². The van der Waals surface area contributed by atoms with E-state index in [1.807, 2.05) is 6.92 Å². The number of nitrogens with one attached hydrogen (secondary N) is 1. The molecule has 0 fully saturated rings. The first kappa shape index (κ1) is 23.4. The minimum absolute atomic E-state index is 0.0409. The van der Waals surface area contributed by atoms with Gasteiger partial charge in [-0.1, -0.05) is 6.92 Å². The largest absolute Gasteiger partial charge is 0.481 e. The fraction of sp³-hybridized carbons (Fsp3) is 0.333. The average Bonchev–Trinajstić information content (AvgIpc) is 3.07. The summed E-state index contributed by atoms with van der Waals surface area (Å²) in [5, 5.41) is 7.40. The van der Waals surface area contributed by atoms with Crippen LogP contribution in [-0.4, -0.2) is 22.8 Å². The molecule has 0 bridgehead atoms. The molecule has 1 aromatic heterocycles. The molecule has 0 aliphatic rings. The van der Waals surface area contributed by atoms with Crippen molar-refractivity contribution < 1.29 is 35.9 Å². The highest BCUT2D eigenvalue weighted by Crippen LogP contribution is 2.36. The lowest BCUT2D eigenvalue weighted by molar-refractivity contribution is -0.143. The molecule has 0 saturated carbocycles. The van der Waals surface area contributed by atoms with E-state index in [0.717, 1.165) is 6.42 Å². The van der Waals surface area contributed by atoms with Crippen molar-refractivity contribution in [1.29, 1.82) is 0 Å². The molecular formula is C21H19F6N3O2. The number of aryl methyl sites for hydroxylation is 1. The Balaban J connectivity index is 1.84. The van der Waals surface area contributed by atoms with E-state index in [1.165, 1.54) is 19.2 Å². The molecule has 0 atom stereocenters. The molecule has 5 nitrogen and oxygen atoms in total. The van der Waals surface area contributed by atoms with Gasteiger partial charge in [0.25, 0.3) is 5.91 Å². The van der Waals surface area contributed by atoms with Gasteiger partial charge in [-0.3, -0.25) is 4.79 Å². The maximum absolute atomic E-state index is 13.0. The fourth-order valence-electron chi connectivity index (χ4n) is 3.24. The Bertz CT molecular complexity index is 1100. The summed E-state index contributed by atoms with van der Waals surface area (Å²) in [6.07, 6.45) is -9.11. The first-order valence-corrected chi connectivity index (χ1v) is 9.55. The SMILES string of the molecule is CCCn1nc2cc(C(=O)NCc3cc(C(F)(F)F)cc(C(F)(F)F)c3)ccc2c1OC. The van der Waals surface area contributed by atoms with Gasteiger partial charge < -0.3 is 10.1 Å². The Kier molecular flexibility index (Phi) is 6.38. The summed E-state index contributed by atoms with van der Waals surface area (Å²) in [4.78, 5) is 12.5. The zero-order chi connectivity index (χ0) is 23.7. The summed E-state index contributed by atoms with van der Waals surface area (Å²) >= 11 is 0. The minimum atomic E-state index is -4.96. The van der Waals surface area contributed by atoms with Crippen molar-refractivity contribution in [3.8, 4) is 5.88 Å². The zero-order valence-corrected chi connectivity index (χ0v) is 17.1. The molecule has 1 heterocycles. The quantitative estimate of drug-likeness (QED) is 0.501. The normalized spacial score (nSPS) is 12.2. The van der Waals surface area contributed by atoms with E-state index in [0.29, 0.717) is 35.5 Å². The van der Waals surface area contributed by atoms with Gasteiger partial charge in [0.1, 0.15) is 0 Å². The molecule has 0 aliphatic carbocycles. The second kappa shape index (κ2) is 8.71. The van der Waals surface area contributed by atoms with Gasteiger partial charge in [0.15, 0.2) is 0 Å². The van der Waals surface area contributed by atoms with E-state index in [-0.39, 0.29) is 17.2 Å². The van der Waals surface area contributed by atoms with Crippen LogP contribution >= 0.6 is 0 Å². The number of alkyl halides is 6. The number of nitrogens with zero attached hydrogens (tertiary/aromatic N) is 2. The molecule has 32 heavy (non-hydrogen) atoms. The van der Waals surface area contributed by atoms with Crippen molar-refractivity contribution in [3.63, 3.8) is 0 Å². The van der Waals surface area contributed by atoms with Crippen LogP contribution in [-0.2, 0) is 25.4 Å². The number of carbonyl (C=O) groups is 1. The predicted octanol–water partition coefficient (Wildman–Crippen LogP) is 5.42. The van der Waals surface area contributed by atoms with Gasteiger partial charge in [0.05, 0.1) is 29.1 Å². The lowest BCUT2D eigenvalue weighted by Crippen LogP contribution is -2.23. The average molecular weight is 459 g/mol. The number of hydrogen-bond donors (Lipinski definition) is 1. The third-order valence-corrected chi connectivity index (χ3v) is 4.68. The highest BCUT2D eigenvalue weighted by Gasteiger charge is 2.36. The van der Waals surface area contributed by atoms with E-state index < -0.39 is 35.9 Å². The van der Waals surface area contributed by atoms with Gasteiger partial charge in [-0.25, -0.2) is 4.68 Å². The molecule has 2 aromatic carbocycles. The standard InChI is InChI=1S/C21H19F6N3O2/c1-3-6-30-19(32-2)16-5-4-13(9-17(16)29-30)18(31)28-11-12-7-14(20(22,23)24)10-15(8-12)21(25,26)27/h4-5,7-10H,3,6,11H2,1-2H3,(H,28,31). The maximum Gasteiger partial charge on any atom is 0.416 e. The molecule has 3 rings (SSSR count). The molecule has 11 heteroatoms. The Labute approximate surface area is 179 Å². The predicted molar refractivity (Wildman–Crippen MR) is 104 cm³/mol. The first-order chi connectivity index (χ1) is 14.9. The van der Waals surface area contributed by atoms with E-state index in [1.54, 1.807) is 10.7 Å². The number of fused-ring (bicyclic) bond motifs is 1. The molecule has 0 spiro atoms. The molecule has 0 unspecified atom stereocenters. The summed E-state index contributed by atoms with van der Waals surface area (Å²) in [5.41, 5.74) is -2.57. The molecule has 0 aliphatic heterocycles. The third-order valence-electron chi connectivity index (χ3n) is 4.68. The second-order valence-electron chi connectivity index (χ2n) is 7.06. The second-order valence-corrected chi connectivity index (χ2v) is 7.06. The molecule has 1 amide bonds. The van der Waals surface area contributed by atoms with Crippen LogP contribution < -0.4 is 10.1 Å². The summed E-state index contributed by atoms with van der Waals surface area (Å²) in [7, 11) is 1.49. The monoisotopic (exact) mass is 459 g/mol. The fourth-order valence-corrected chi connectivity index (χ4v) is 3.24. The number of halogens is 6. The Morgan fingerprint density at radius 3 is 2.19 bits per heavy atom. The number of ether oxygens (including phenoxy) is 1. The van der Waals surface area contributed by atoms with Crippen LogP contribution in [0, 0.1) is 0 Å². The Hall–Kier alpha value is -3.24. The van der Waals surface area contributed by atoms with Crippen LogP contribution in [0.3, 0.4) is 0 Å². The molecule has 0 saturated heterocycles. The molecule has 0 radical (unpaired) electrons. The summed E-state index contributed by atoms with van der Waals surface area (Å²) in [6.45, 7) is 2.04. The zero-order valence-electron chi connectivity index (χ0n) is 17.1. The van der Waals surface area contributed by atoms with E-state index >= 15 is 0 Å². The van der Waals surface area contributed by atoms with Gasteiger partial charge in [-0.15, -0.1) is 0 Å². The van der Waals surface area contributed by atoms with Crippen molar-refractivity contribution in [2.75, 3.05) is 7.11 Å². The van der Waals surface area contributed by atoms with E-state index in [4.69, 9.17) is 4.74 Å². The van der Waals surface area contributed by atoms with Crippen LogP contribution in [0.2, 0.25) is 0 Å². The number of rotatable bonds is 6. The third kappa shape index (κ3) is 4.97. The summed E-state index contributed by atoms with van der Waals surface area (Å²) in [6, 6.07) is 5.78. The molecule has 3 aromatic rings. The van der Waals surface area contributed by atoms with Gasteiger partial charge >= 0.3 is 12.4 Å². The highest BCUT2D eigenvalue weighted by molar-refractivity contribution is 5.98. The van der Waals surface area contributed by atoms with Gasteiger partial charge in [0.2, 0.25) is 5.88 Å². The number of benzene rings is 2. The van der Waals surface area contributed by atoms with Crippen LogP contribution in [0.15, 0.2) is 36.4 Å². The summed E-state index contributed by atoms with van der Waals surface area (Å²) in [5.74, 6) is -0.140. The summed E-state index contributed by atoms with van der Waals surface area (Å²) < 4.78 is 85.0. The number of hydrogen-bond acceptors (Lipinski definition) is 3. The minimum Gasteiger partial charge on any atom is -0.481 e. The number of methoxy groups -OCH3 is 1. The number of amides is 1. The van der Waals surface area contributed by atoms with Crippen molar-refractivity contribution in [1.82, 2.24) is 15.1 Å². The maximum atomic E-state index is 13.0. The topological polar surface area (TPSA) is 56.2 Å². The number of carbonyl (C=O) groups excluding carboxylic acids is 1. The van der Waals surface area contributed by atoms with Gasteiger partial charge in [-0.2, -0.15) is 31.4 Å². The Morgan fingerprint density at radius 2 is 1.66 bits per heavy atom. The van der Waals surface area contributed by atoms with Gasteiger partial charge in [0, 0.05) is 18.7 Å². The van der Waals surface area contributed by atoms with Gasteiger partial charge in [-0.05, 0) is 48.4 Å². The molecule has 172 valence electrons. The highest BCUT2D eigenvalue weighted by atomic mass is 19.4. The lowest BCUT2D eigenvalue weighted by Gasteiger charge is -2.14. The van der Waals surface area contributed by atoms with Crippen molar-refractivity contribution in [3.05, 3.63) is 58.7 Å². The smallest absolute Gasteiger partial charge is 0.416 e. The Morgan fingerprint density at radius 1 is 1.03 bits per heavy atom. The van der Waals surface area contributed by atoms with Crippen LogP contribution in [0.5, 0.6) is 5.88 Å².